The number of carbonyl (C=O) groups is 3. The minimum atomic E-state index is -0.942. The molecule has 136 valence electrons. The Morgan fingerprint density at radius 1 is 1.12 bits per heavy atom. The number of nitrogens with zero attached hydrogens (tertiary/aromatic N) is 3. The van der Waals surface area contributed by atoms with E-state index in [9.17, 15) is 14.4 Å². The van der Waals surface area contributed by atoms with Gasteiger partial charge in [-0.1, -0.05) is 37.3 Å². The Hall–Kier alpha value is -2.61. The van der Waals surface area contributed by atoms with E-state index in [1.165, 1.54) is 18.3 Å². The van der Waals surface area contributed by atoms with Crippen molar-refractivity contribution in [3.63, 3.8) is 0 Å². The first-order valence-electron chi connectivity index (χ1n) is 8.59. The molecule has 1 aromatic heterocycles. The van der Waals surface area contributed by atoms with Crippen LogP contribution in [0.2, 0.25) is 0 Å². The molecule has 0 saturated carbocycles. The second-order valence-electron chi connectivity index (χ2n) is 6.15. The highest BCUT2D eigenvalue weighted by molar-refractivity contribution is 7.15. The number of nitrogens with one attached hydrogen (secondary N) is 1. The van der Waals surface area contributed by atoms with Crippen molar-refractivity contribution in [2.24, 2.45) is 0 Å². The molecule has 0 spiro atoms. The zero-order valence-electron chi connectivity index (χ0n) is 14.9. The summed E-state index contributed by atoms with van der Waals surface area (Å²) in [6, 6.07) is 5.63. The molecule has 0 aliphatic carbocycles. The van der Waals surface area contributed by atoms with Gasteiger partial charge in [-0.2, -0.15) is 0 Å². The largest absolute Gasteiger partial charge is 0.299 e. The summed E-state index contributed by atoms with van der Waals surface area (Å²) >= 11 is 1.32. The summed E-state index contributed by atoms with van der Waals surface area (Å²) in [5.41, 5.74) is 0.646. The van der Waals surface area contributed by atoms with Gasteiger partial charge in [0, 0.05) is 5.92 Å². The maximum Gasteiger partial charge on any atom is 0.262 e. The van der Waals surface area contributed by atoms with E-state index in [2.05, 4.69) is 29.4 Å². The molecule has 1 aliphatic rings. The van der Waals surface area contributed by atoms with Crippen molar-refractivity contribution in [2.75, 3.05) is 5.32 Å². The van der Waals surface area contributed by atoms with Crippen LogP contribution in [0.1, 0.15) is 65.3 Å². The number of fused-ring (bicyclic) bond motifs is 1. The summed E-state index contributed by atoms with van der Waals surface area (Å²) in [6.07, 6.45) is 1.90. The highest BCUT2D eigenvalue weighted by Crippen LogP contribution is 2.29. The monoisotopic (exact) mass is 372 g/mol. The van der Waals surface area contributed by atoms with E-state index in [1.807, 2.05) is 0 Å². The SMILES string of the molecule is CCC(CC)c1nnc(NC(=O)C(C)N2C(=O)c3ccccc3C2=O)s1. The van der Waals surface area contributed by atoms with Crippen LogP contribution in [-0.4, -0.2) is 38.9 Å². The Balaban J connectivity index is 1.73. The lowest BCUT2D eigenvalue weighted by Gasteiger charge is -2.20. The third kappa shape index (κ3) is 3.12. The molecule has 0 saturated heterocycles. The Labute approximate surface area is 155 Å². The first-order valence-corrected chi connectivity index (χ1v) is 9.40. The number of carbonyl (C=O) groups excluding carboxylic acids is 3. The van der Waals surface area contributed by atoms with Crippen molar-refractivity contribution in [3.8, 4) is 0 Å². The molecule has 3 rings (SSSR count). The highest BCUT2D eigenvalue weighted by atomic mass is 32.1. The van der Waals surface area contributed by atoms with Gasteiger partial charge < -0.3 is 0 Å². The maximum absolute atomic E-state index is 12.5. The van der Waals surface area contributed by atoms with Crippen LogP contribution < -0.4 is 5.32 Å². The van der Waals surface area contributed by atoms with Gasteiger partial charge in [0.25, 0.3) is 11.8 Å². The fourth-order valence-corrected chi connectivity index (χ4v) is 3.99. The van der Waals surface area contributed by atoms with Crippen molar-refractivity contribution in [1.82, 2.24) is 15.1 Å². The van der Waals surface area contributed by atoms with Gasteiger partial charge in [-0.25, -0.2) is 0 Å². The number of benzene rings is 1. The van der Waals surface area contributed by atoms with Gasteiger partial charge in [0.05, 0.1) is 11.1 Å². The van der Waals surface area contributed by atoms with E-state index in [4.69, 9.17) is 0 Å². The summed E-state index contributed by atoms with van der Waals surface area (Å²) < 4.78 is 0. The summed E-state index contributed by atoms with van der Waals surface area (Å²) in [6.45, 7) is 5.69. The third-order valence-electron chi connectivity index (χ3n) is 4.60. The average Bonchev–Trinajstić information content (AvgIpc) is 3.19. The van der Waals surface area contributed by atoms with Gasteiger partial charge >= 0.3 is 0 Å². The third-order valence-corrected chi connectivity index (χ3v) is 5.60. The van der Waals surface area contributed by atoms with Crippen LogP contribution in [0.5, 0.6) is 0 Å². The number of anilines is 1. The topological polar surface area (TPSA) is 92.3 Å². The second-order valence-corrected chi connectivity index (χ2v) is 7.16. The molecule has 0 fully saturated rings. The standard InChI is InChI=1S/C18H20N4O3S/c1-4-11(5-2)15-20-21-18(26-15)19-14(23)10(3)22-16(24)12-8-6-7-9-13(12)17(22)25/h6-11H,4-5H2,1-3H3,(H,19,21,23). The van der Waals surface area contributed by atoms with E-state index in [-0.39, 0.29) is 0 Å². The minimum absolute atomic E-state index is 0.312. The predicted octanol–water partition coefficient (Wildman–Crippen LogP) is 3.06. The average molecular weight is 372 g/mol. The number of imide groups is 1. The molecule has 1 N–H and O–H groups in total. The number of amides is 3. The first kappa shape index (κ1) is 18.2. The molecule has 8 heteroatoms. The summed E-state index contributed by atoms with van der Waals surface area (Å²) in [5.74, 6) is -1.06. The molecule has 26 heavy (non-hydrogen) atoms. The van der Waals surface area contributed by atoms with Gasteiger partial charge in [0.1, 0.15) is 11.0 Å². The summed E-state index contributed by atoms with van der Waals surface area (Å²) in [5, 5.41) is 12.1. The quantitative estimate of drug-likeness (QED) is 0.787. The van der Waals surface area contributed by atoms with Crippen LogP contribution in [0, 0.1) is 0 Å². The van der Waals surface area contributed by atoms with E-state index in [1.54, 1.807) is 24.3 Å². The van der Waals surface area contributed by atoms with Crippen LogP contribution in [0.3, 0.4) is 0 Å². The number of aromatic nitrogens is 2. The Morgan fingerprint density at radius 3 is 2.23 bits per heavy atom. The van der Waals surface area contributed by atoms with Crippen molar-refractivity contribution in [3.05, 3.63) is 40.4 Å². The molecular formula is C18H20N4O3S. The van der Waals surface area contributed by atoms with Gasteiger partial charge in [0.15, 0.2) is 0 Å². The molecule has 1 unspecified atom stereocenters. The molecule has 0 radical (unpaired) electrons. The lowest BCUT2D eigenvalue weighted by molar-refractivity contribution is -0.119. The predicted molar refractivity (Wildman–Crippen MR) is 98.3 cm³/mol. The van der Waals surface area contributed by atoms with E-state index in [0.717, 1.165) is 22.7 Å². The Kier molecular flexibility index (Phi) is 5.13. The van der Waals surface area contributed by atoms with Crippen LogP contribution in [-0.2, 0) is 4.79 Å². The van der Waals surface area contributed by atoms with Crippen LogP contribution in [0.15, 0.2) is 24.3 Å². The molecule has 2 heterocycles. The summed E-state index contributed by atoms with van der Waals surface area (Å²) in [4.78, 5) is 38.5. The van der Waals surface area contributed by atoms with Crippen molar-refractivity contribution < 1.29 is 14.4 Å². The maximum atomic E-state index is 12.5. The fraction of sp³-hybridized carbons (Fsp3) is 0.389. The van der Waals surface area contributed by atoms with E-state index in [0.29, 0.717) is 22.2 Å². The highest BCUT2D eigenvalue weighted by Gasteiger charge is 2.40. The zero-order valence-corrected chi connectivity index (χ0v) is 15.7. The molecule has 0 bridgehead atoms. The molecular weight excluding hydrogens is 352 g/mol. The zero-order chi connectivity index (χ0) is 18.8. The molecule has 1 atom stereocenters. The van der Waals surface area contributed by atoms with E-state index >= 15 is 0 Å². The normalized spacial score (nSPS) is 14.7. The summed E-state index contributed by atoms with van der Waals surface area (Å²) in [7, 11) is 0. The van der Waals surface area contributed by atoms with Crippen molar-refractivity contribution >= 4 is 34.2 Å². The van der Waals surface area contributed by atoms with Gasteiger partial charge in [0.2, 0.25) is 11.0 Å². The molecule has 2 aromatic rings. The van der Waals surface area contributed by atoms with Gasteiger partial charge in [-0.3, -0.25) is 24.6 Å². The smallest absolute Gasteiger partial charge is 0.262 e. The molecule has 3 amide bonds. The lowest BCUT2D eigenvalue weighted by atomic mass is 10.1. The number of hydrogen-bond acceptors (Lipinski definition) is 6. The van der Waals surface area contributed by atoms with Gasteiger partial charge in [-0.05, 0) is 31.9 Å². The van der Waals surface area contributed by atoms with Crippen molar-refractivity contribution in [2.45, 2.75) is 45.6 Å². The van der Waals surface area contributed by atoms with Crippen LogP contribution in [0.25, 0.3) is 0 Å². The van der Waals surface area contributed by atoms with Crippen LogP contribution in [0.4, 0.5) is 5.13 Å². The fourth-order valence-electron chi connectivity index (χ4n) is 2.97. The molecule has 7 nitrogen and oxygen atoms in total. The van der Waals surface area contributed by atoms with Gasteiger partial charge in [-0.15, -0.1) is 10.2 Å². The second kappa shape index (κ2) is 7.33. The minimum Gasteiger partial charge on any atom is -0.299 e. The molecule has 1 aromatic carbocycles. The Morgan fingerprint density at radius 2 is 1.69 bits per heavy atom. The van der Waals surface area contributed by atoms with E-state index < -0.39 is 23.8 Å². The first-order chi connectivity index (χ1) is 12.5. The number of hydrogen-bond donors (Lipinski definition) is 1. The lowest BCUT2D eigenvalue weighted by Crippen LogP contribution is -2.45. The molecule has 1 aliphatic heterocycles. The van der Waals surface area contributed by atoms with Crippen molar-refractivity contribution in [1.29, 1.82) is 0 Å². The Bertz CT molecular complexity index is 825. The van der Waals surface area contributed by atoms with Crippen LogP contribution >= 0.6 is 11.3 Å². The number of rotatable bonds is 6.